The lowest BCUT2D eigenvalue weighted by molar-refractivity contribution is 0.435. The van der Waals surface area contributed by atoms with E-state index >= 15 is 0 Å². The Morgan fingerprint density at radius 3 is 1.69 bits per heavy atom. The normalized spacial score (nSPS) is 9.75. The summed E-state index contributed by atoms with van der Waals surface area (Å²) in [6.07, 6.45) is 6.26. The summed E-state index contributed by atoms with van der Waals surface area (Å²) in [4.78, 5) is 0. The maximum absolute atomic E-state index is 8.80. The number of aliphatic hydroxyl groups excluding tert-OH is 1. The number of rotatable bonds is 4. The first-order valence-corrected chi connectivity index (χ1v) is 4.50. The third-order valence-corrected chi connectivity index (χ3v) is 1.36. The van der Waals surface area contributed by atoms with E-state index in [0.717, 1.165) is 0 Å². The second-order valence-electron chi connectivity index (χ2n) is 3.03. The highest BCUT2D eigenvalue weighted by molar-refractivity contribution is 5.45. The van der Waals surface area contributed by atoms with E-state index in [1.807, 2.05) is 0 Å². The second kappa shape index (κ2) is 6.97. The summed E-state index contributed by atoms with van der Waals surface area (Å²) in [5.41, 5.74) is 6.94. The molecule has 0 radical (unpaired) electrons. The van der Waals surface area contributed by atoms with Crippen LogP contribution >= 0.6 is 0 Å². The first-order chi connectivity index (χ1) is 7.41. The number of aliphatic hydroxyl groups is 1. The highest BCUT2D eigenvalue weighted by Crippen LogP contribution is 1.97. The summed E-state index contributed by atoms with van der Waals surface area (Å²) in [6.45, 7) is 14.2. The summed E-state index contributed by atoms with van der Waals surface area (Å²) >= 11 is 0. The van der Waals surface area contributed by atoms with Crippen LogP contribution in [0.25, 0.3) is 0 Å². The molecule has 2 nitrogen and oxygen atoms in total. The molecule has 0 saturated heterocycles. The van der Waals surface area contributed by atoms with Gasteiger partial charge in [-0.1, -0.05) is 38.2 Å². The van der Waals surface area contributed by atoms with E-state index in [2.05, 4.69) is 38.2 Å². The van der Waals surface area contributed by atoms with E-state index in [1.165, 1.54) is 6.08 Å². The van der Waals surface area contributed by atoms with Crippen molar-refractivity contribution in [2.45, 2.75) is 0 Å². The molecular formula is C14H15NO. The topological polar surface area (TPSA) is 46.2 Å². The molecule has 0 spiro atoms. The number of hydrogen-bond donors (Lipinski definition) is 2. The molecule has 0 aliphatic carbocycles. The molecule has 0 aromatic rings. The quantitative estimate of drug-likeness (QED) is 0.428. The molecule has 2 heteroatoms. The van der Waals surface area contributed by atoms with Gasteiger partial charge >= 0.3 is 0 Å². The van der Waals surface area contributed by atoms with Gasteiger partial charge in [0, 0.05) is 16.8 Å². The van der Waals surface area contributed by atoms with E-state index in [9.17, 15) is 0 Å². The third kappa shape index (κ3) is 8.21. The molecule has 0 aliphatic rings. The van der Waals surface area contributed by atoms with Gasteiger partial charge < -0.3 is 10.8 Å². The van der Waals surface area contributed by atoms with Crippen LogP contribution in [0.2, 0.25) is 0 Å². The first kappa shape index (κ1) is 13.6. The van der Waals surface area contributed by atoms with Gasteiger partial charge in [-0.3, -0.25) is 0 Å². The van der Waals surface area contributed by atoms with Gasteiger partial charge in [-0.2, -0.15) is 0 Å². The number of allylic oxidation sites excluding steroid dienone is 6. The van der Waals surface area contributed by atoms with Gasteiger partial charge in [-0.15, -0.1) is 0 Å². The van der Waals surface area contributed by atoms with E-state index in [-0.39, 0.29) is 5.76 Å². The largest absolute Gasteiger partial charge is 0.509 e. The second-order valence-corrected chi connectivity index (χ2v) is 3.03. The van der Waals surface area contributed by atoms with Crippen molar-refractivity contribution >= 4 is 0 Å². The minimum absolute atomic E-state index is 0.0406. The lowest BCUT2D eigenvalue weighted by atomic mass is 10.2. The van der Waals surface area contributed by atoms with Crippen molar-refractivity contribution in [3.05, 3.63) is 73.2 Å². The molecule has 0 unspecified atom stereocenters. The Morgan fingerprint density at radius 2 is 1.31 bits per heavy atom. The first-order valence-electron chi connectivity index (χ1n) is 4.50. The van der Waals surface area contributed by atoms with Crippen LogP contribution in [0.4, 0.5) is 0 Å². The minimum Gasteiger partial charge on any atom is -0.509 e. The summed E-state index contributed by atoms with van der Waals surface area (Å²) < 4.78 is 0. The fourth-order valence-corrected chi connectivity index (χ4v) is 0.648. The monoisotopic (exact) mass is 213 g/mol. The molecule has 3 N–H and O–H groups in total. The van der Waals surface area contributed by atoms with Crippen molar-refractivity contribution < 1.29 is 5.11 Å². The van der Waals surface area contributed by atoms with Gasteiger partial charge in [0.05, 0.1) is 0 Å². The molecule has 0 aromatic heterocycles. The molecule has 0 rings (SSSR count). The average Bonchev–Trinajstić information content (AvgIpc) is 2.20. The van der Waals surface area contributed by atoms with Crippen LogP contribution in [0.15, 0.2) is 73.2 Å². The molecule has 0 heterocycles. The molecule has 0 aromatic carbocycles. The summed E-state index contributed by atoms with van der Waals surface area (Å²) in [6, 6.07) is 0. The third-order valence-electron chi connectivity index (χ3n) is 1.36. The highest BCUT2D eigenvalue weighted by atomic mass is 16.3. The summed E-state index contributed by atoms with van der Waals surface area (Å²) in [7, 11) is 0. The predicted molar refractivity (Wildman–Crippen MR) is 69.4 cm³/mol. The zero-order valence-electron chi connectivity index (χ0n) is 9.16. The number of hydrogen-bond acceptors (Lipinski definition) is 2. The molecular weight excluding hydrogens is 198 g/mol. The van der Waals surface area contributed by atoms with Crippen molar-refractivity contribution in [3.8, 4) is 11.8 Å². The van der Waals surface area contributed by atoms with Crippen LogP contribution in [0.1, 0.15) is 0 Å². The van der Waals surface area contributed by atoms with Crippen LogP contribution in [-0.4, -0.2) is 5.11 Å². The zero-order valence-corrected chi connectivity index (χ0v) is 9.16. The van der Waals surface area contributed by atoms with Gasteiger partial charge in [-0.05, 0) is 24.3 Å². The fraction of sp³-hybridized carbons (Fsp3) is 0. The Balaban J connectivity index is 4.40. The molecule has 16 heavy (non-hydrogen) atoms. The maximum Gasteiger partial charge on any atom is 0.108 e. The fourth-order valence-electron chi connectivity index (χ4n) is 0.648. The van der Waals surface area contributed by atoms with E-state index in [4.69, 9.17) is 10.8 Å². The molecule has 0 atom stereocenters. The van der Waals surface area contributed by atoms with Gasteiger partial charge in [0.25, 0.3) is 0 Å². The minimum atomic E-state index is -0.0406. The van der Waals surface area contributed by atoms with Crippen molar-refractivity contribution in [1.82, 2.24) is 0 Å². The summed E-state index contributed by atoms with van der Waals surface area (Å²) in [5, 5.41) is 8.80. The Morgan fingerprint density at radius 1 is 0.875 bits per heavy atom. The zero-order chi connectivity index (χ0) is 12.6. The molecule has 0 aliphatic heterocycles. The Labute approximate surface area is 96.5 Å². The molecule has 0 saturated carbocycles. The Hall–Kier alpha value is -2.40. The highest BCUT2D eigenvalue weighted by Gasteiger charge is 1.83. The van der Waals surface area contributed by atoms with E-state index in [1.54, 1.807) is 18.2 Å². The van der Waals surface area contributed by atoms with Gasteiger partial charge in [0.2, 0.25) is 0 Å². The molecule has 0 amide bonds. The molecule has 0 fully saturated rings. The maximum atomic E-state index is 8.80. The van der Waals surface area contributed by atoms with Crippen molar-refractivity contribution in [2.75, 3.05) is 0 Å². The smallest absolute Gasteiger partial charge is 0.108 e. The lowest BCUT2D eigenvalue weighted by Crippen LogP contribution is -1.88. The average molecular weight is 213 g/mol. The lowest BCUT2D eigenvalue weighted by Gasteiger charge is -1.88. The van der Waals surface area contributed by atoms with Gasteiger partial charge in [0.1, 0.15) is 5.76 Å². The summed E-state index contributed by atoms with van der Waals surface area (Å²) in [5.74, 6) is 5.49. The standard InChI is InChI=1S/C14H15NO/c1-11(7-9-13(3)15)5-6-12(2)8-10-14(4)16/h7-10,16H,1-4,15H2/b9-7-,10-8-. The van der Waals surface area contributed by atoms with Crippen LogP contribution in [0.3, 0.4) is 0 Å². The van der Waals surface area contributed by atoms with Crippen LogP contribution in [0, 0.1) is 11.8 Å². The van der Waals surface area contributed by atoms with Crippen LogP contribution < -0.4 is 5.73 Å². The molecule has 82 valence electrons. The predicted octanol–water partition coefficient (Wildman–Crippen LogP) is 2.76. The van der Waals surface area contributed by atoms with Gasteiger partial charge in [-0.25, -0.2) is 0 Å². The van der Waals surface area contributed by atoms with E-state index in [0.29, 0.717) is 16.8 Å². The molecule has 0 bridgehead atoms. The van der Waals surface area contributed by atoms with Crippen LogP contribution in [-0.2, 0) is 0 Å². The van der Waals surface area contributed by atoms with Gasteiger partial charge in [0.15, 0.2) is 0 Å². The Bertz CT molecular complexity index is 399. The van der Waals surface area contributed by atoms with Crippen molar-refractivity contribution in [1.29, 1.82) is 0 Å². The number of nitrogens with two attached hydrogens (primary N) is 1. The van der Waals surface area contributed by atoms with Crippen molar-refractivity contribution in [2.24, 2.45) is 5.73 Å². The van der Waals surface area contributed by atoms with Crippen molar-refractivity contribution in [3.63, 3.8) is 0 Å². The van der Waals surface area contributed by atoms with E-state index < -0.39 is 0 Å². The van der Waals surface area contributed by atoms with Crippen LogP contribution in [0.5, 0.6) is 0 Å². The Kier molecular flexibility index (Phi) is 5.92. The SMILES string of the molecule is C=C(N)/C=C\C(=C)C#CC(=C)/C=C\C(=C)O.